The molecule has 1 aromatic rings. The predicted octanol–water partition coefficient (Wildman–Crippen LogP) is 0.386. The lowest BCUT2D eigenvalue weighted by molar-refractivity contribution is -0.139. The zero-order chi connectivity index (χ0) is 18.7. The van der Waals surface area contributed by atoms with Crippen LogP contribution in [-0.2, 0) is 14.3 Å². The minimum atomic E-state index is -1.14. The monoisotopic (exact) mass is 351 g/mol. The summed E-state index contributed by atoms with van der Waals surface area (Å²) in [6.07, 6.45) is 1.82. The summed E-state index contributed by atoms with van der Waals surface area (Å²) in [4.78, 5) is 34.2. The smallest absolute Gasteiger partial charge is 0.339 e. The summed E-state index contributed by atoms with van der Waals surface area (Å²) >= 11 is 0. The minimum Gasteiger partial charge on any atom is -0.493 e. The Morgan fingerprint density at radius 2 is 2.04 bits per heavy atom. The number of benzene rings is 1. The quantitative estimate of drug-likeness (QED) is 0.256. The van der Waals surface area contributed by atoms with Gasteiger partial charge in [0.1, 0.15) is 11.3 Å². The van der Waals surface area contributed by atoms with Crippen molar-refractivity contribution in [3.8, 4) is 5.75 Å². The number of rotatable bonds is 9. The lowest BCUT2D eigenvalue weighted by atomic mass is 10.1. The van der Waals surface area contributed by atoms with Gasteiger partial charge < -0.3 is 19.9 Å². The first kappa shape index (κ1) is 20.1. The van der Waals surface area contributed by atoms with Gasteiger partial charge in [0.15, 0.2) is 0 Å². The normalized spacial score (nSPS) is 10.5. The number of nitrogens with one attached hydrogen (secondary N) is 2. The van der Waals surface area contributed by atoms with E-state index in [1.54, 1.807) is 20.1 Å². The van der Waals surface area contributed by atoms with Crippen LogP contribution in [0.1, 0.15) is 29.3 Å². The highest BCUT2D eigenvalue weighted by atomic mass is 16.5. The molecule has 0 heterocycles. The van der Waals surface area contributed by atoms with Crippen molar-refractivity contribution in [2.45, 2.75) is 13.3 Å². The van der Waals surface area contributed by atoms with Crippen LogP contribution in [0.3, 0.4) is 0 Å². The number of carbonyl (C=O) groups is 3. The molecule has 0 fully saturated rings. The van der Waals surface area contributed by atoms with E-state index in [0.29, 0.717) is 31.7 Å². The van der Waals surface area contributed by atoms with Crippen LogP contribution in [0.5, 0.6) is 5.75 Å². The maximum atomic E-state index is 11.5. The topological polar surface area (TPSA) is 126 Å². The zero-order valence-electron chi connectivity index (χ0n) is 14.1. The van der Waals surface area contributed by atoms with E-state index in [4.69, 9.17) is 14.6 Å². The number of aromatic carboxylic acids is 1. The summed E-state index contributed by atoms with van der Waals surface area (Å²) in [5.74, 6) is -2.63. The fraction of sp³-hybridized carbons (Fsp3) is 0.375. The van der Waals surface area contributed by atoms with E-state index in [0.717, 1.165) is 0 Å². The van der Waals surface area contributed by atoms with Crippen molar-refractivity contribution in [3.63, 3.8) is 0 Å². The third-order valence-electron chi connectivity index (χ3n) is 2.93. The average Bonchev–Trinajstić information content (AvgIpc) is 2.59. The van der Waals surface area contributed by atoms with Crippen LogP contribution in [0.15, 0.2) is 23.3 Å². The summed E-state index contributed by atoms with van der Waals surface area (Å²) in [5.41, 5.74) is 2.48. The Kier molecular flexibility index (Phi) is 8.66. The Balaban J connectivity index is 2.60. The number of amides is 2. The van der Waals surface area contributed by atoms with Crippen LogP contribution < -0.4 is 15.5 Å². The Morgan fingerprint density at radius 1 is 1.28 bits per heavy atom. The van der Waals surface area contributed by atoms with Gasteiger partial charge in [-0.25, -0.2) is 10.2 Å². The van der Waals surface area contributed by atoms with Crippen molar-refractivity contribution in [2.24, 2.45) is 5.10 Å². The molecule has 0 spiro atoms. The number of carboxylic acids is 1. The first-order valence-electron chi connectivity index (χ1n) is 7.59. The van der Waals surface area contributed by atoms with E-state index < -0.39 is 17.8 Å². The molecule has 0 aliphatic rings. The molecular formula is C16H21N3O6. The largest absolute Gasteiger partial charge is 0.493 e. The highest BCUT2D eigenvalue weighted by Gasteiger charge is 2.13. The van der Waals surface area contributed by atoms with Crippen LogP contribution in [0.25, 0.3) is 0 Å². The molecular weight excluding hydrogens is 330 g/mol. The number of hydrogen-bond donors (Lipinski definition) is 3. The highest BCUT2D eigenvalue weighted by molar-refractivity contribution is 6.35. The van der Waals surface area contributed by atoms with E-state index in [1.807, 2.05) is 0 Å². The molecule has 0 unspecified atom stereocenters. The standard InChI is InChI=1S/C16H21N3O6/c1-3-25-13-6-5-11(9-12(13)16(22)23)10-18-19-15(21)14(20)17-7-4-8-24-2/h5-6,9-10H,3-4,7-8H2,1-2H3,(H,17,20)(H,19,21)(H,22,23)/b18-10-. The van der Waals surface area contributed by atoms with E-state index in [9.17, 15) is 14.4 Å². The van der Waals surface area contributed by atoms with Gasteiger partial charge in [0, 0.05) is 20.3 Å². The summed E-state index contributed by atoms with van der Waals surface area (Å²) in [5, 5.41) is 15.2. The number of hydrogen-bond acceptors (Lipinski definition) is 6. The second kappa shape index (κ2) is 10.8. The summed E-state index contributed by atoms with van der Waals surface area (Å²) in [6.45, 7) is 2.87. The molecule has 9 heteroatoms. The van der Waals surface area contributed by atoms with Gasteiger partial charge in [0.25, 0.3) is 0 Å². The Labute approximate surface area is 145 Å². The highest BCUT2D eigenvalue weighted by Crippen LogP contribution is 2.19. The second-order valence-corrected chi connectivity index (χ2v) is 4.80. The molecule has 0 saturated carbocycles. The third-order valence-corrected chi connectivity index (χ3v) is 2.93. The molecule has 1 rings (SSSR count). The summed E-state index contributed by atoms with van der Waals surface area (Å²) in [7, 11) is 1.54. The molecule has 0 saturated heterocycles. The Bertz CT molecular complexity index is 645. The average molecular weight is 351 g/mol. The van der Waals surface area contributed by atoms with Crippen LogP contribution in [0.4, 0.5) is 0 Å². The van der Waals surface area contributed by atoms with Gasteiger partial charge in [0.05, 0.1) is 12.8 Å². The summed E-state index contributed by atoms with van der Waals surface area (Å²) < 4.78 is 10.0. The molecule has 9 nitrogen and oxygen atoms in total. The third kappa shape index (κ3) is 7.00. The van der Waals surface area contributed by atoms with Gasteiger partial charge in [-0.05, 0) is 37.1 Å². The van der Waals surface area contributed by atoms with Gasteiger partial charge in [-0.3, -0.25) is 9.59 Å². The van der Waals surface area contributed by atoms with Crippen LogP contribution in [0, 0.1) is 0 Å². The molecule has 0 radical (unpaired) electrons. The first-order valence-corrected chi connectivity index (χ1v) is 7.59. The van der Waals surface area contributed by atoms with E-state index in [2.05, 4.69) is 15.8 Å². The fourth-order valence-corrected chi connectivity index (χ4v) is 1.79. The molecule has 25 heavy (non-hydrogen) atoms. The molecule has 2 amide bonds. The fourth-order valence-electron chi connectivity index (χ4n) is 1.79. The Hall–Kier alpha value is -2.94. The van der Waals surface area contributed by atoms with Gasteiger partial charge in [-0.1, -0.05) is 0 Å². The maximum Gasteiger partial charge on any atom is 0.339 e. The van der Waals surface area contributed by atoms with Crippen molar-refractivity contribution < 1.29 is 29.0 Å². The van der Waals surface area contributed by atoms with Crippen LogP contribution in [-0.4, -0.2) is 56.0 Å². The molecule has 0 aliphatic carbocycles. The molecule has 0 aliphatic heterocycles. The van der Waals surface area contributed by atoms with Gasteiger partial charge >= 0.3 is 17.8 Å². The lowest BCUT2D eigenvalue weighted by Gasteiger charge is -2.07. The minimum absolute atomic E-state index is 0.0204. The number of nitrogens with zero attached hydrogens (tertiary/aromatic N) is 1. The van der Waals surface area contributed by atoms with Crippen LogP contribution in [0.2, 0.25) is 0 Å². The predicted molar refractivity (Wildman–Crippen MR) is 89.8 cm³/mol. The molecule has 3 N–H and O–H groups in total. The molecule has 136 valence electrons. The number of hydrazone groups is 1. The first-order chi connectivity index (χ1) is 12.0. The van der Waals surface area contributed by atoms with Crippen molar-refractivity contribution in [1.29, 1.82) is 0 Å². The molecule has 0 aromatic heterocycles. The van der Waals surface area contributed by atoms with Gasteiger partial charge in [-0.15, -0.1) is 0 Å². The van der Waals surface area contributed by atoms with E-state index in [1.165, 1.54) is 18.3 Å². The number of carboxylic acid groups (broad SMARTS) is 1. The van der Waals surface area contributed by atoms with E-state index >= 15 is 0 Å². The number of ether oxygens (including phenoxy) is 2. The summed E-state index contributed by atoms with van der Waals surface area (Å²) in [6, 6.07) is 4.43. The number of carbonyl (C=O) groups excluding carboxylic acids is 2. The SMILES string of the molecule is CCOc1ccc(/C=N\NC(=O)C(=O)NCCCOC)cc1C(=O)O. The molecule has 0 bridgehead atoms. The van der Waals surface area contributed by atoms with Crippen molar-refractivity contribution in [3.05, 3.63) is 29.3 Å². The number of methoxy groups -OCH3 is 1. The van der Waals surface area contributed by atoms with Gasteiger partial charge in [0.2, 0.25) is 0 Å². The zero-order valence-corrected chi connectivity index (χ0v) is 14.1. The lowest BCUT2D eigenvalue weighted by Crippen LogP contribution is -2.38. The maximum absolute atomic E-state index is 11.5. The van der Waals surface area contributed by atoms with E-state index in [-0.39, 0.29) is 11.3 Å². The van der Waals surface area contributed by atoms with Gasteiger partial charge in [-0.2, -0.15) is 5.10 Å². The van der Waals surface area contributed by atoms with Crippen LogP contribution >= 0.6 is 0 Å². The second-order valence-electron chi connectivity index (χ2n) is 4.80. The van der Waals surface area contributed by atoms with Crippen molar-refractivity contribution in [2.75, 3.05) is 26.9 Å². The molecule has 0 atom stereocenters. The van der Waals surface area contributed by atoms with Crippen molar-refractivity contribution in [1.82, 2.24) is 10.7 Å². The Morgan fingerprint density at radius 3 is 2.68 bits per heavy atom. The van der Waals surface area contributed by atoms with Crippen molar-refractivity contribution >= 4 is 24.0 Å². The molecule has 1 aromatic carbocycles.